The number of hydrogen-bond donors (Lipinski definition) is 2. The normalized spacial score (nSPS) is 10.8. The van der Waals surface area contributed by atoms with Gasteiger partial charge in [0.1, 0.15) is 0 Å². The molecular formula is C15H21N3OS. The van der Waals surface area contributed by atoms with E-state index in [0.29, 0.717) is 0 Å². The van der Waals surface area contributed by atoms with Gasteiger partial charge in [0.2, 0.25) is 0 Å². The zero-order chi connectivity index (χ0) is 14.4. The zero-order valence-corrected chi connectivity index (χ0v) is 12.8. The van der Waals surface area contributed by atoms with Crippen molar-refractivity contribution in [1.82, 2.24) is 10.3 Å². The van der Waals surface area contributed by atoms with Gasteiger partial charge in [-0.2, -0.15) is 0 Å². The Hall–Kier alpha value is -1.43. The number of anilines is 1. The molecule has 0 aliphatic heterocycles. The largest absolute Gasteiger partial charge is 0.396 e. The molecule has 5 heteroatoms. The predicted molar refractivity (Wildman–Crippen MR) is 85.3 cm³/mol. The van der Waals surface area contributed by atoms with E-state index in [1.807, 2.05) is 37.2 Å². The minimum Gasteiger partial charge on any atom is -0.396 e. The Balaban J connectivity index is 2.20. The Kier molecular flexibility index (Phi) is 5.52. The molecule has 2 N–H and O–H groups in total. The number of aliphatic hydroxyl groups is 1. The fraction of sp³-hybridized carbons (Fsp3) is 0.400. The van der Waals surface area contributed by atoms with E-state index in [-0.39, 0.29) is 6.61 Å². The van der Waals surface area contributed by atoms with Crippen molar-refractivity contribution < 1.29 is 5.11 Å². The van der Waals surface area contributed by atoms with Gasteiger partial charge in [0, 0.05) is 37.7 Å². The summed E-state index contributed by atoms with van der Waals surface area (Å²) in [5, 5.41) is 13.2. The first-order valence-electron chi connectivity index (χ1n) is 6.76. The second-order valence-electron chi connectivity index (χ2n) is 4.78. The van der Waals surface area contributed by atoms with Crippen molar-refractivity contribution in [3.8, 4) is 11.3 Å². The van der Waals surface area contributed by atoms with Crippen molar-refractivity contribution in [2.45, 2.75) is 13.0 Å². The van der Waals surface area contributed by atoms with Gasteiger partial charge in [-0.15, -0.1) is 0 Å². The Morgan fingerprint density at radius 1 is 1.25 bits per heavy atom. The van der Waals surface area contributed by atoms with Gasteiger partial charge in [0.05, 0.1) is 5.69 Å². The molecule has 0 saturated carbocycles. The lowest BCUT2D eigenvalue weighted by molar-refractivity contribution is 0.286. The average Bonchev–Trinajstić information content (AvgIpc) is 2.89. The smallest absolute Gasteiger partial charge is 0.185 e. The van der Waals surface area contributed by atoms with Crippen LogP contribution in [0.2, 0.25) is 0 Å². The van der Waals surface area contributed by atoms with E-state index in [9.17, 15) is 0 Å². The number of nitrogens with zero attached hydrogens (tertiary/aromatic N) is 2. The van der Waals surface area contributed by atoms with Gasteiger partial charge < -0.3 is 15.3 Å². The standard InChI is InChI=1S/C15H21N3OS/c1-18(2)15-17-14(12-7-4-3-5-8-12)13(20-15)11-16-9-6-10-19/h3-5,7-8,16,19H,6,9-11H2,1-2H3. The highest BCUT2D eigenvalue weighted by molar-refractivity contribution is 7.16. The van der Waals surface area contributed by atoms with Crippen LogP contribution in [0.3, 0.4) is 0 Å². The quantitative estimate of drug-likeness (QED) is 0.769. The molecule has 0 saturated heterocycles. The molecule has 0 aliphatic rings. The summed E-state index contributed by atoms with van der Waals surface area (Å²) in [6.07, 6.45) is 0.778. The highest BCUT2D eigenvalue weighted by atomic mass is 32.1. The van der Waals surface area contributed by atoms with Crippen LogP contribution in [0.25, 0.3) is 11.3 Å². The lowest BCUT2D eigenvalue weighted by Crippen LogP contribution is -2.15. The Bertz CT molecular complexity index is 525. The van der Waals surface area contributed by atoms with Crippen LogP contribution in [0.5, 0.6) is 0 Å². The topological polar surface area (TPSA) is 48.4 Å². The molecule has 0 spiro atoms. The number of hydrogen-bond acceptors (Lipinski definition) is 5. The first-order chi connectivity index (χ1) is 9.72. The maximum Gasteiger partial charge on any atom is 0.185 e. The fourth-order valence-corrected chi connectivity index (χ4v) is 2.85. The van der Waals surface area contributed by atoms with E-state index in [1.54, 1.807) is 11.3 Å². The molecule has 1 heterocycles. The second kappa shape index (κ2) is 7.38. The first-order valence-corrected chi connectivity index (χ1v) is 7.58. The number of benzene rings is 1. The van der Waals surface area contributed by atoms with Gasteiger partial charge in [0.15, 0.2) is 5.13 Å². The van der Waals surface area contributed by atoms with E-state index in [0.717, 1.165) is 35.9 Å². The van der Waals surface area contributed by atoms with Gasteiger partial charge in [-0.1, -0.05) is 41.7 Å². The van der Waals surface area contributed by atoms with E-state index in [2.05, 4.69) is 17.4 Å². The molecule has 0 aliphatic carbocycles. The maximum atomic E-state index is 8.82. The van der Waals surface area contributed by atoms with Crippen molar-refractivity contribution in [2.75, 3.05) is 32.1 Å². The molecule has 108 valence electrons. The SMILES string of the molecule is CN(C)c1nc(-c2ccccc2)c(CNCCCO)s1. The average molecular weight is 291 g/mol. The summed E-state index contributed by atoms with van der Waals surface area (Å²) in [7, 11) is 4.02. The van der Waals surface area contributed by atoms with Crippen molar-refractivity contribution in [1.29, 1.82) is 0 Å². The van der Waals surface area contributed by atoms with E-state index >= 15 is 0 Å². The van der Waals surface area contributed by atoms with Gasteiger partial charge in [-0.05, 0) is 13.0 Å². The first kappa shape index (κ1) is 15.0. The summed E-state index contributed by atoms with van der Waals surface area (Å²) in [6.45, 7) is 1.83. The molecule has 0 fully saturated rings. The number of nitrogens with one attached hydrogen (secondary N) is 1. The van der Waals surface area contributed by atoms with Crippen LogP contribution in [0.15, 0.2) is 30.3 Å². The minimum absolute atomic E-state index is 0.226. The summed E-state index contributed by atoms with van der Waals surface area (Å²) in [5.74, 6) is 0. The van der Waals surface area contributed by atoms with Gasteiger partial charge in [0.25, 0.3) is 0 Å². The molecule has 1 aromatic carbocycles. The van der Waals surface area contributed by atoms with Crippen LogP contribution in [0, 0.1) is 0 Å². The highest BCUT2D eigenvalue weighted by Gasteiger charge is 2.13. The lowest BCUT2D eigenvalue weighted by atomic mass is 10.1. The highest BCUT2D eigenvalue weighted by Crippen LogP contribution is 2.32. The van der Waals surface area contributed by atoms with E-state index in [4.69, 9.17) is 10.1 Å². The van der Waals surface area contributed by atoms with Crippen LogP contribution in [0.1, 0.15) is 11.3 Å². The van der Waals surface area contributed by atoms with Crippen LogP contribution in [-0.2, 0) is 6.54 Å². The van der Waals surface area contributed by atoms with E-state index in [1.165, 1.54) is 4.88 Å². The number of aromatic nitrogens is 1. The van der Waals surface area contributed by atoms with Crippen molar-refractivity contribution >= 4 is 16.5 Å². The third kappa shape index (κ3) is 3.79. The minimum atomic E-state index is 0.226. The fourth-order valence-electron chi connectivity index (χ4n) is 1.88. The molecule has 0 radical (unpaired) electrons. The number of aliphatic hydroxyl groups excluding tert-OH is 1. The van der Waals surface area contributed by atoms with Gasteiger partial charge >= 0.3 is 0 Å². The van der Waals surface area contributed by atoms with Crippen LogP contribution in [0.4, 0.5) is 5.13 Å². The molecule has 0 bridgehead atoms. The summed E-state index contributed by atoms with van der Waals surface area (Å²) >= 11 is 1.71. The maximum absolute atomic E-state index is 8.82. The molecule has 4 nitrogen and oxygen atoms in total. The van der Waals surface area contributed by atoms with Gasteiger partial charge in [-0.3, -0.25) is 0 Å². The molecule has 20 heavy (non-hydrogen) atoms. The van der Waals surface area contributed by atoms with Crippen LogP contribution < -0.4 is 10.2 Å². The van der Waals surface area contributed by atoms with E-state index < -0.39 is 0 Å². The third-order valence-electron chi connectivity index (χ3n) is 2.91. The van der Waals surface area contributed by atoms with Crippen LogP contribution >= 0.6 is 11.3 Å². The lowest BCUT2D eigenvalue weighted by Gasteiger charge is -2.05. The number of rotatable bonds is 7. The molecule has 0 atom stereocenters. The van der Waals surface area contributed by atoms with Crippen molar-refractivity contribution in [2.24, 2.45) is 0 Å². The van der Waals surface area contributed by atoms with Crippen molar-refractivity contribution in [3.05, 3.63) is 35.2 Å². The predicted octanol–water partition coefficient (Wildman–Crippen LogP) is 2.35. The molecule has 2 aromatic rings. The monoisotopic (exact) mass is 291 g/mol. The molecule has 2 rings (SSSR count). The summed E-state index contributed by atoms with van der Waals surface area (Å²) in [6, 6.07) is 10.3. The summed E-state index contributed by atoms with van der Waals surface area (Å²) < 4.78 is 0. The molecule has 0 amide bonds. The molecular weight excluding hydrogens is 270 g/mol. The van der Waals surface area contributed by atoms with Crippen LogP contribution in [-0.4, -0.2) is 37.3 Å². The van der Waals surface area contributed by atoms with Crippen molar-refractivity contribution in [3.63, 3.8) is 0 Å². The Morgan fingerprint density at radius 3 is 2.65 bits per heavy atom. The Morgan fingerprint density at radius 2 is 2.00 bits per heavy atom. The summed E-state index contributed by atoms with van der Waals surface area (Å²) in [5.41, 5.74) is 2.20. The molecule has 1 aromatic heterocycles. The zero-order valence-electron chi connectivity index (χ0n) is 12.0. The summed E-state index contributed by atoms with van der Waals surface area (Å²) in [4.78, 5) is 8.00. The second-order valence-corrected chi connectivity index (χ2v) is 5.84. The third-order valence-corrected chi connectivity index (χ3v) is 4.14. The number of thiazole rings is 1. The van der Waals surface area contributed by atoms with Gasteiger partial charge in [-0.25, -0.2) is 4.98 Å². The molecule has 0 unspecified atom stereocenters. The Labute approximate surface area is 124 Å².